The van der Waals surface area contributed by atoms with Gasteiger partial charge in [0, 0.05) is 69.8 Å². The van der Waals surface area contributed by atoms with Crippen LogP contribution in [0.3, 0.4) is 0 Å². The Morgan fingerprint density at radius 1 is 1.10 bits per heavy atom. The van der Waals surface area contributed by atoms with Crippen molar-refractivity contribution in [2.24, 2.45) is 4.99 Å². The summed E-state index contributed by atoms with van der Waals surface area (Å²) in [5.74, 6) is 1.41. The second-order valence-electron chi connectivity index (χ2n) is 6.08. The lowest BCUT2D eigenvalue weighted by Crippen LogP contribution is -2.34. The fourth-order valence-corrected chi connectivity index (χ4v) is 2.46. The number of halogens is 1. The molecular weight excluding hydrogens is 501 g/mol. The second-order valence-corrected chi connectivity index (χ2v) is 6.08. The minimum absolute atomic E-state index is 0. The van der Waals surface area contributed by atoms with E-state index in [1.165, 1.54) is 12.1 Å². The lowest BCUT2D eigenvalue weighted by molar-refractivity contribution is -0.384. The van der Waals surface area contributed by atoms with Crippen LogP contribution in [0.2, 0.25) is 0 Å². The van der Waals surface area contributed by atoms with Crippen molar-refractivity contribution >= 4 is 47.0 Å². The van der Waals surface area contributed by atoms with Crippen molar-refractivity contribution in [3.05, 3.63) is 58.6 Å². The molecule has 164 valence electrons. The van der Waals surface area contributed by atoms with E-state index in [1.54, 1.807) is 26.3 Å². The molecule has 0 aromatic heterocycles. The summed E-state index contributed by atoms with van der Waals surface area (Å²) >= 11 is 0. The minimum Gasteiger partial charge on any atom is -0.493 e. The van der Waals surface area contributed by atoms with Gasteiger partial charge >= 0.3 is 0 Å². The number of hydrogen-bond acceptors (Lipinski definition) is 6. The largest absolute Gasteiger partial charge is 0.493 e. The number of nitro benzene ring substituents is 1. The van der Waals surface area contributed by atoms with Crippen molar-refractivity contribution in [3.63, 3.8) is 0 Å². The van der Waals surface area contributed by atoms with Crippen molar-refractivity contribution in [2.45, 2.75) is 6.42 Å². The molecule has 30 heavy (non-hydrogen) atoms. The molecule has 0 aliphatic carbocycles. The molecule has 0 aliphatic rings. The highest BCUT2D eigenvalue weighted by atomic mass is 127. The molecule has 2 rings (SSSR count). The average Bonchev–Trinajstić information content (AvgIpc) is 2.74. The Kier molecular flexibility index (Phi) is 12.2. The van der Waals surface area contributed by atoms with Crippen LogP contribution in [0.15, 0.2) is 53.5 Å². The number of benzene rings is 2. The van der Waals surface area contributed by atoms with Gasteiger partial charge in [-0.05, 0) is 24.3 Å². The quantitative estimate of drug-likeness (QED) is 0.102. The maximum absolute atomic E-state index is 10.7. The highest BCUT2D eigenvalue weighted by Gasteiger charge is 2.04. The molecular formula is C20H28IN5O4. The van der Waals surface area contributed by atoms with E-state index >= 15 is 0 Å². The van der Waals surface area contributed by atoms with Crippen LogP contribution in [-0.2, 0) is 4.74 Å². The van der Waals surface area contributed by atoms with Crippen LogP contribution in [0.5, 0.6) is 5.75 Å². The number of nitrogens with zero attached hydrogens (tertiary/aromatic N) is 2. The molecule has 0 saturated heterocycles. The van der Waals surface area contributed by atoms with Crippen molar-refractivity contribution in [2.75, 3.05) is 51.1 Å². The molecule has 2 aromatic rings. The Balaban J connectivity index is 0.00000450. The van der Waals surface area contributed by atoms with Crippen LogP contribution < -0.4 is 20.7 Å². The van der Waals surface area contributed by atoms with Gasteiger partial charge in [-0.1, -0.05) is 6.07 Å². The molecule has 0 atom stereocenters. The van der Waals surface area contributed by atoms with Crippen molar-refractivity contribution in [3.8, 4) is 5.75 Å². The van der Waals surface area contributed by atoms with E-state index < -0.39 is 4.92 Å². The van der Waals surface area contributed by atoms with Crippen molar-refractivity contribution < 1.29 is 14.4 Å². The Morgan fingerprint density at radius 2 is 1.87 bits per heavy atom. The third-order valence-electron chi connectivity index (χ3n) is 3.91. The fraction of sp³-hybridized carbons (Fsp3) is 0.350. The maximum Gasteiger partial charge on any atom is 0.269 e. The molecule has 9 nitrogen and oxygen atoms in total. The van der Waals surface area contributed by atoms with Gasteiger partial charge in [0.1, 0.15) is 5.75 Å². The standard InChI is InChI=1S/C20H27N5O4.HI/c1-21-20(23-12-11-22-16-7-9-18(10-8-16)25(26)27)24-17-5-3-6-19(15-17)29-14-4-13-28-2;/h3,5-10,15,22H,4,11-14H2,1-2H3,(H2,21,23,24);1H. The predicted octanol–water partition coefficient (Wildman–Crippen LogP) is 3.73. The smallest absolute Gasteiger partial charge is 0.269 e. The number of rotatable bonds is 11. The van der Waals surface area contributed by atoms with Gasteiger partial charge in [-0.25, -0.2) is 0 Å². The van der Waals surface area contributed by atoms with Crippen molar-refractivity contribution in [1.82, 2.24) is 5.32 Å². The molecule has 10 heteroatoms. The topological polar surface area (TPSA) is 110 Å². The Labute approximate surface area is 193 Å². The Morgan fingerprint density at radius 3 is 2.53 bits per heavy atom. The summed E-state index contributed by atoms with van der Waals surface area (Å²) in [7, 11) is 3.37. The average molecular weight is 529 g/mol. The molecule has 0 aliphatic heterocycles. The van der Waals surface area contributed by atoms with Crippen LogP contribution >= 0.6 is 24.0 Å². The normalized spacial score (nSPS) is 10.7. The second kappa shape index (κ2) is 14.4. The van der Waals surface area contributed by atoms with E-state index in [2.05, 4.69) is 20.9 Å². The van der Waals surface area contributed by atoms with Gasteiger partial charge < -0.3 is 25.4 Å². The first kappa shape index (κ1) is 25.4. The third-order valence-corrected chi connectivity index (χ3v) is 3.91. The van der Waals surface area contributed by atoms with Gasteiger partial charge in [0.2, 0.25) is 0 Å². The van der Waals surface area contributed by atoms with Crippen LogP contribution in [0.4, 0.5) is 17.1 Å². The zero-order chi connectivity index (χ0) is 20.9. The highest BCUT2D eigenvalue weighted by molar-refractivity contribution is 14.0. The molecule has 3 N–H and O–H groups in total. The number of nitrogens with one attached hydrogen (secondary N) is 3. The zero-order valence-corrected chi connectivity index (χ0v) is 19.4. The summed E-state index contributed by atoms with van der Waals surface area (Å²) in [4.78, 5) is 14.5. The molecule has 0 spiro atoms. The number of guanidine groups is 1. The lowest BCUT2D eigenvalue weighted by atomic mass is 10.3. The molecule has 0 radical (unpaired) electrons. The predicted molar refractivity (Wildman–Crippen MR) is 130 cm³/mol. The summed E-state index contributed by atoms with van der Waals surface area (Å²) in [5, 5.41) is 20.3. The number of nitro groups is 1. The Bertz CT molecular complexity index is 802. The highest BCUT2D eigenvalue weighted by Crippen LogP contribution is 2.17. The fourth-order valence-electron chi connectivity index (χ4n) is 2.46. The molecule has 0 unspecified atom stereocenters. The first-order valence-corrected chi connectivity index (χ1v) is 9.30. The van der Waals surface area contributed by atoms with Crippen LogP contribution in [-0.4, -0.2) is 51.3 Å². The summed E-state index contributed by atoms with van der Waals surface area (Å²) in [6, 6.07) is 14.0. The molecule has 0 heterocycles. The Hall–Kier alpha value is -2.60. The summed E-state index contributed by atoms with van der Waals surface area (Å²) in [5.41, 5.74) is 1.76. The summed E-state index contributed by atoms with van der Waals surface area (Å²) < 4.78 is 10.7. The molecule has 0 saturated carbocycles. The van der Waals surface area contributed by atoms with Crippen LogP contribution in [0.25, 0.3) is 0 Å². The van der Waals surface area contributed by atoms with E-state index in [1.807, 2.05) is 24.3 Å². The van der Waals surface area contributed by atoms with E-state index in [-0.39, 0.29) is 29.7 Å². The number of non-ortho nitro benzene ring substituents is 1. The number of anilines is 2. The SMILES string of the molecule is CN=C(NCCNc1ccc([N+](=O)[O-])cc1)Nc1cccc(OCCCOC)c1.I. The molecule has 0 amide bonds. The summed E-state index contributed by atoms with van der Waals surface area (Å²) in [6.07, 6.45) is 0.832. The van der Waals surface area contributed by atoms with Gasteiger partial charge in [0.25, 0.3) is 5.69 Å². The number of aliphatic imine (C=N–C) groups is 1. The van der Waals surface area contributed by atoms with E-state index in [0.717, 1.165) is 23.5 Å². The van der Waals surface area contributed by atoms with Gasteiger partial charge in [-0.3, -0.25) is 15.1 Å². The minimum atomic E-state index is -0.416. The molecule has 2 aromatic carbocycles. The van der Waals surface area contributed by atoms with Crippen LogP contribution in [0.1, 0.15) is 6.42 Å². The first-order chi connectivity index (χ1) is 14.1. The lowest BCUT2D eigenvalue weighted by Gasteiger charge is -2.14. The maximum atomic E-state index is 10.7. The van der Waals surface area contributed by atoms with E-state index in [9.17, 15) is 10.1 Å². The van der Waals surface area contributed by atoms with Gasteiger partial charge in [0.15, 0.2) is 5.96 Å². The number of hydrogen-bond donors (Lipinski definition) is 3. The van der Waals surface area contributed by atoms with Gasteiger partial charge in [-0.2, -0.15) is 0 Å². The van der Waals surface area contributed by atoms with Gasteiger partial charge in [-0.15, -0.1) is 24.0 Å². The number of ether oxygens (including phenoxy) is 2. The molecule has 0 fully saturated rings. The summed E-state index contributed by atoms with van der Waals surface area (Å²) in [6.45, 7) is 2.51. The monoisotopic (exact) mass is 529 g/mol. The number of methoxy groups -OCH3 is 1. The third kappa shape index (κ3) is 9.27. The van der Waals surface area contributed by atoms with E-state index in [4.69, 9.17) is 9.47 Å². The van der Waals surface area contributed by atoms with Crippen LogP contribution in [0, 0.1) is 10.1 Å². The molecule has 0 bridgehead atoms. The zero-order valence-electron chi connectivity index (χ0n) is 17.1. The first-order valence-electron chi connectivity index (χ1n) is 9.30. The van der Waals surface area contributed by atoms with E-state index in [0.29, 0.717) is 32.3 Å². The van der Waals surface area contributed by atoms with Crippen molar-refractivity contribution in [1.29, 1.82) is 0 Å². The van der Waals surface area contributed by atoms with Gasteiger partial charge in [0.05, 0.1) is 11.5 Å².